The van der Waals surface area contributed by atoms with E-state index >= 15 is 0 Å². The summed E-state index contributed by atoms with van der Waals surface area (Å²) in [6.07, 6.45) is 0. The number of benzene rings is 1. The second kappa shape index (κ2) is 8.41. The third kappa shape index (κ3) is 4.02. The van der Waals surface area contributed by atoms with Gasteiger partial charge in [0.05, 0.1) is 25.6 Å². The van der Waals surface area contributed by atoms with Crippen LogP contribution in [-0.2, 0) is 17.0 Å². The van der Waals surface area contributed by atoms with Crippen molar-refractivity contribution in [3.05, 3.63) is 50.4 Å². The molecule has 1 aromatic carbocycles. The monoisotopic (exact) mass is 408 g/mol. The summed E-state index contributed by atoms with van der Waals surface area (Å²) in [6.45, 7) is 4.78. The molecule has 3 rings (SSSR count). The molecule has 27 heavy (non-hydrogen) atoms. The van der Waals surface area contributed by atoms with Crippen LogP contribution in [0.1, 0.15) is 16.0 Å². The largest absolute Gasteiger partial charge is 0.494 e. The number of methoxy groups -OCH3 is 2. The van der Waals surface area contributed by atoms with E-state index in [1.54, 1.807) is 17.7 Å². The van der Waals surface area contributed by atoms with Crippen LogP contribution in [0.3, 0.4) is 0 Å². The Balaban J connectivity index is 1.97. The molecule has 0 aliphatic carbocycles. The van der Waals surface area contributed by atoms with Crippen molar-refractivity contribution in [2.45, 2.75) is 31.3 Å². The van der Waals surface area contributed by atoms with E-state index in [4.69, 9.17) is 14.5 Å². The minimum atomic E-state index is -0.403. The molecule has 3 aromatic rings. The average Bonchev–Trinajstić information content (AvgIpc) is 2.93. The van der Waals surface area contributed by atoms with Gasteiger partial charge in [0, 0.05) is 17.7 Å². The van der Waals surface area contributed by atoms with Crippen molar-refractivity contribution in [2.24, 2.45) is 0 Å². The highest BCUT2D eigenvalue weighted by molar-refractivity contribution is 7.98. The molecule has 0 fully saturated rings. The number of thiophene rings is 1. The van der Waals surface area contributed by atoms with E-state index in [-0.39, 0.29) is 11.3 Å². The number of nitrogens with zero attached hydrogens (tertiary/aromatic N) is 2. The van der Waals surface area contributed by atoms with Crippen molar-refractivity contribution < 1.29 is 13.9 Å². The lowest BCUT2D eigenvalue weighted by molar-refractivity contribution is 0.183. The van der Waals surface area contributed by atoms with Gasteiger partial charge in [-0.1, -0.05) is 17.8 Å². The van der Waals surface area contributed by atoms with Gasteiger partial charge in [0.15, 0.2) is 16.7 Å². The standard InChI is InChI=1S/C19H21FN2O3S2/c1-11-12(2)27-17-16(11)18(23)22(7-8-24-3)19(21-17)26-10-13-5-6-15(25-4)14(20)9-13/h5-6,9H,7-8,10H2,1-4H3. The molecule has 0 amide bonds. The Morgan fingerprint density at radius 1 is 1.30 bits per heavy atom. The molecule has 0 unspecified atom stereocenters. The number of rotatable bonds is 7. The molecule has 0 aliphatic rings. The number of aryl methyl sites for hydroxylation is 2. The molecule has 144 valence electrons. The van der Waals surface area contributed by atoms with Gasteiger partial charge in [0.2, 0.25) is 0 Å². The Morgan fingerprint density at radius 2 is 2.07 bits per heavy atom. The Labute approximate surface area is 165 Å². The van der Waals surface area contributed by atoms with Gasteiger partial charge in [-0.15, -0.1) is 11.3 Å². The van der Waals surface area contributed by atoms with Gasteiger partial charge in [-0.3, -0.25) is 9.36 Å². The first-order chi connectivity index (χ1) is 13.0. The van der Waals surface area contributed by atoms with Crippen molar-refractivity contribution in [1.29, 1.82) is 0 Å². The number of aromatic nitrogens is 2. The van der Waals surface area contributed by atoms with Crippen LogP contribution in [0.4, 0.5) is 4.39 Å². The van der Waals surface area contributed by atoms with Gasteiger partial charge in [0.1, 0.15) is 4.83 Å². The first kappa shape index (κ1) is 19.9. The fourth-order valence-corrected chi connectivity index (χ4v) is 4.78. The Morgan fingerprint density at radius 3 is 2.74 bits per heavy atom. The van der Waals surface area contributed by atoms with Crippen LogP contribution < -0.4 is 10.3 Å². The maximum absolute atomic E-state index is 13.9. The number of ether oxygens (including phenoxy) is 2. The molecule has 0 spiro atoms. The molecule has 5 nitrogen and oxygen atoms in total. The van der Waals surface area contributed by atoms with Crippen molar-refractivity contribution >= 4 is 33.3 Å². The molecule has 0 radical (unpaired) electrons. The van der Waals surface area contributed by atoms with Crippen molar-refractivity contribution in [3.63, 3.8) is 0 Å². The second-order valence-electron chi connectivity index (χ2n) is 6.06. The minimum Gasteiger partial charge on any atom is -0.494 e. The molecule has 0 aliphatic heterocycles. The van der Waals surface area contributed by atoms with Crippen molar-refractivity contribution in [3.8, 4) is 5.75 Å². The van der Waals surface area contributed by atoms with Gasteiger partial charge in [0.25, 0.3) is 5.56 Å². The predicted molar refractivity (Wildman–Crippen MR) is 108 cm³/mol. The molecule has 0 saturated carbocycles. The maximum atomic E-state index is 13.9. The fraction of sp³-hybridized carbons (Fsp3) is 0.368. The predicted octanol–water partition coefficient (Wildman–Crippen LogP) is 4.16. The van der Waals surface area contributed by atoms with Crippen LogP contribution in [0.25, 0.3) is 10.2 Å². The molecular weight excluding hydrogens is 387 g/mol. The normalized spacial score (nSPS) is 11.3. The van der Waals surface area contributed by atoms with Crippen LogP contribution in [0.5, 0.6) is 5.75 Å². The van der Waals surface area contributed by atoms with Gasteiger partial charge in [-0.25, -0.2) is 9.37 Å². The molecule has 0 saturated heterocycles. The average molecular weight is 409 g/mol. The van der Waals surface area contributed by atoms with Crippen molar-refractivity contribution in [1.82, 2.24) is 9.55 Å². The zero-order valence-corrected chi connectivity index (χ0v) is 17.3. The van der Waals surface area contributed by atoms with Crippen LogP contribution in [0.15, 0.2) is 28.2 Å². The molecule has 2 heterocycles. The fourth-order valence-electron chi connectivity index (χ4n) is 2.75. The van der Waals surface area contributed by atoms with Gasteiger partial charge in [-0.05, 0) is 37.1 Å². The van der Waals surface area contributed by atoms with E-state index < -0.39 is 5.82 Å². The second-order valence-corrected chi connectivity index (χ2v) is 8.21. The summed E-state index contributed by atoms with van der Waals surface area (Å²) in [5, 5.41) is 1.29. The molecule has 2 aromatic heterocycles. The summed E-state index contributed by atoms with van der Waals surface area (Å²) in [6, 6.07) is 4.86. The van der Waals surface area contributed by atoms with Gasteiger partial charge in [-0.2, -0.15) is 0 Å². The summed E-state index contributed by atoms with van der Waals surface area (Å²) < 4.78 is 25.7. The Kier molecular flexibility index (Phi) is 6.18. The van der Waals surface area contributed by atoms with Crippen LogP contribution >= 0.6 is 23.1 Å². The van der Waals surface area contributed by atoms with Gasteiger partial charge >= 0.3 is 0 Å². The Bertz CT molecular complexity index is 1030. The highest BCUT2D eigenvalue weighted by atomic mass is 32.2. The maximum Gasteiger partial charge on any atom is 0.263 e. The lowest BCUT2D eigenvalue weighted by Crippen LogP contribution is -2.25. The zero-order valence-electron chi connectivity index (χ0n) is 15.7. The van der Waals surface area contributed by atoms with E-state index in [2.05, 4.69) is 0 Å². The zero-order chi connectivity index (χ0) is 19.6. The highest BCUT2D eigenvalue weighted by Gasteiger charge is 2.17. The van der Waals surface area contributed by atoms with E-state index in [1.165, 1.54) is 36.3 Å². The van der Waals surface area contributed by atoms with Gasteiger partial charge < -0.3 is 9.47 Å². The number of hydrogen-bond donors (Lipinski definition) is 0. The van der Waals surface area contributed by atoms with Crippen molar-refractivity contribution in [2.75, 3.05) is 20.8 Å². The SMILES string of the molecule is COCCn1c(SCc2ccc(OC)c(F)c2)nc2sc(C)c(C)c2c1=O. The lowest BCUT2D eigenvalue weighted by Gasteiger charge is -2.12. The molecule has 0 atom stereocenters. The summed E-state index contributed by atoms with van der Waals surface area (Å²) >= 11 is 2.94. The van der Waals surface area contributed by atoms with E-state index in [0.717, 1.165) is 20.8 Å². The number of thioether (sulfide) groups is 1. The van der Waals surface area contributed by atoms with Crippen LogP contribution in [-0.4, -0.2) is 30.4 Å². The molecular formula is C19H21FN2O3S2. The smallest absolute Gasteiger partial charge is 0.263 e. The first-order valence-electron chi connectivity index (χ1n) is 8.41. The van der Waals surface area contributed by atoms with E-state index in [1.807, 2.05) is 19.9 Å². The van der Waals surface area contributed by atoms with Crippen LogP contribution in [0, 0.1) is 19.7 Å². The topological polar surface area (TPSA) is 53.4 Å². The summed E-state index contributed by atoms with van der Waals surface area (Å²) in [5.74, 6) is 0.306. The molecule has 8 heteroatoms. The van der Waals surface area contributed by atoms with Crippen LogP contribution in [0.2, 0.25) is 0 Å². The number of halogens is 1. The summed E-state index contributed by atoms with van der Waals surface area (Å²) in [4.78, 5) is 19.6. The Hall–Kier alpha value is -1.90. The highest BCUT2D eigenvalue weighted by Crippen LogP contribution is 2.30. The van der Waals surface area contributed by atoms with E-state index in [9.17, 15) is 9.18 Å². The number of hydrogen-bond acceptors (Lipinski definition) is 6. The minimum absolute atomic E-state index is 0.0534. The molecule has 0 N–H and O–H groups in total. The third-order valence-corrected chi connectivity index (χ3v) is 6.51. The quantitative estimate of drug-likeness (QED) is 0.434. The first-order valence-corrected chi connectivity index (χ1v) is 10.2. The summed E-state index contributed by atoms with van der Waals surface area (Å²) in [5.41, 5.74) is 1.72. The third-order valence-electron chi connectivity index (χ3n) is 4.36. The number of fused-ring (bicyclic) bond motifs is 1. The summed E-state index contributed by atoms with van der Waals surface area (Å²) in [7, 11) is 3.04. The van der Waals surface area contributed by atoms with E-state index in [0.29, 0.717) is 29.4 Å². The molecule has 0 bridgehead atoms. The lowest BCUT2D eigenvalue weighted by atomic mass is 10.2.